The van der Waals surface area contributed by atoms with Crippen LogP contribution in [0.15, 0.2) is 0 Å². The van der Waals surface area contributed by atoms with Gasteiger partial charge in [0.05, 0.1) is 6.10 Å². The minimum Gasteiger partial charge on any atom is -0.393 e. The van der Waals surface area contributed by atoms with Crippen molar-refractivity contribution in [1.29, 1.82) is 0 Å². The Morgan fingerprint density at radius 1 is 0.455 bits per heavy atom. The maximum absolute atomic E-state index is 11.7. The van der Waals surface area contributed by atoms with Crippen LogP contribution in [0.1, 0.15) is 187 Å². The summed E-state index contributed by atoms with van der Waals surface area (Å²) in [6.45, 7) is 4.41. The van der Waals surface area contributed by atoms with Crippen LogP contribution in [0.25, 0.3) is 0 Å². The molecule has 0 amide bonds. The molecule has 1 N–H and O–H groups in total. The maximum Gasteiger partial charge on any atom is 0.133 e. The van der Waals surface area contributed by atoms with Gasteiger partial charge in [-0.05, 0) is 19.3 Å². The largest absolute Gasteiger partial charge is 0.393 e. The molecule has 0 unspecified atom stereocenters. The van der Waals surface area contributed by atoms with Crippen molar-refractivity contribution >= 4 is 5.78 Å². The number of hydrogen-bond acceptors (Lipinski definition) is 2. The third-order valence-electron chi connectivity index (χ3n) is 7.21. The summed E-state index contributed by atoms with van der Waals surface area (Å²) in [5.41, 5.74) is 0. The zero-order valence-electron chi connectivity index (χ0n) is 23.0. The van der Waals surface area contributed by atoms with Gasteiger partial charge in [-0.2, -0.15) is 0 Å². The molecular weight excluding hydrogens is 404 g/mol. The van der Waals surface area contributed by atoms with E-state index < -0.39 is 0 Å². The smallest absolute Gasteiger partial charge is 0.133 e. The first-order chi connectivity index (χ1) is 16.2. The molecule has 0 saturated carbocycles. The van der Waals surface area contributed by atoms with Crippen molar-refractivity contribution in [1.82, 2.24) is 0 Å². The Morgan fingerprint density at radius 2 is 0.788 bits per heavy atom. The minimum atomic E-state index is -0.268. The summed E-state index contributed by atoms with van der Waals surface area (Å²) >= 11 is 0. The molecule has 0 radical (unpaired) electrons. The zero-order chi connectivity index (χ0) is 24.2. The van der Waals surface area contributed by atoms with Gasteiger partial charge in [-0.25, -0.2) is 0 Å². The highest BCUT2D eigenvalue weighted by Gasteiger charge is 2.08. The van der Waals surface area contributed by atoms with Crippen molar-refractivity contribution in [3.8, 4) is 0 Å². The molecule has 0 aromatic carbocycles. The van der Waals surface area contributed by atoms with Gasteiger partial charge >= 0.3 is 0 Å². The molecule has 0 spiro atoms. The highest BCUT2D eigenvalue weighted by Crippen LogP contribution is 2.16. The van der Waals surface area contributed by atoms with E-state index in [2.05, 4.69) is 13.8 Å². The van der Waals surface area contributed by atoms with Crippen LogP contribution in [0.2, 0.25) is 0 Å². The van der Waals surface area contributed by atoms with Crippen molar-refractivity contribution in [3.05, 3.63) is 0 Å². The SMILES string of the molecule is CCCCCCCCCCCCCCCCCCCCCCC[C@H](O)CCC(=O)CCCC. The summed E-state index contributed by atoms with van der Waals surface area (Å²) in [7, 11) is 0. The van der Waals surface area contributed by atoms with Gasteiger partial charge in [-0.1, -0.05) is 155 Å². The van der Waals surface area contributed by atoms with Crippen LogP contribution < -0.4 is 0 Å². The first kappa shape index (κ1) is 32.6. The van der Waals surface area contributed by atoms with Gasteiger partial charge in [0, 0.05) is 12.8 Å². The molecule has 0 aliphatic carbocycles. The molecule has 0 bridgehead atoms. The predicted molar refractivity (Wildman–Crippen MR) is 147 cm³/mol. The standard InChI is InChI=1S/C31H62O2/c1-3-5-7-8-9-10-11-12-13-14-15-16-17-18-19-20-21-22-23-24-25-27-31(33)29-28-30(32)26-6-4-2/h31,33H,3-29H2,1-2H3/t31-/m0/s1. The van der Waals surface area contributed by atoms with Crippen LogP contribution in [-0.2, 0) is 4.79 Å². The van der Waals surface area contributed by atoms with Crippen molar-refractivity contribution < 1.29 is 9.90 Å². The molecule has 198 valence electrons. The van der Waals surface area contributed by atoms with Gasteiger partial charge in [0.15, 0.2) is 0 Å². The summed E-state index contributed by atoms with van der Waals surface area (Å²) in [6.07, 6.45) is 34.1. The summed E-state index contributed by atoms with van der Waals surface area (Å²) < 4.78 is 0. The van der Waals surface area contributed by atoms with Crippen LogP contribution >= 0.6 is 0 Å². The molecule has 33 heavy (non-hydrogen) atoms. The monoisotopic (exact) mass is 466 g/mol. The fourth-order valence-electron chi connectivity index (χ4n) is 4.78. The van der Waals surface area contributed by atoms with Crippen molar-refractivity contribution in [2.24, 2.45) is 0 Å². The number of ketones is 1. The van der Waals surface area contributed by atoms with Crippen molar-refractivity contribution in [2.45, 2.75) is 193 Å². The van der Waals surface area contributed by atoms with E-state index in [0.29, 0.717) is 25.0 Å². The lowest BCUT2D eigenvalue weighted by Crippen LogP contribution is -2.09. The highest BCUT2D eigenvalue weighted by molar-refractivity contribution is 5.78. The maximum atomic E-state index is 11.7. The molecule has 0 aromatic heterocycles. The number of Topliss-reactive ketones (excluding diaryl/α,β-unsaturated/α-hetero) is 1. The van der Waals surface area contributed by atoms with Crippen LogP contribution in [0.3, 0.4) is 0 Å². The summed E-state index contributed by atoms with van der Waals surface area (Å²) in [5.74, 6) is 0.328. The van der Waals surface area contributed by atoms with Gasteiger partial charge in [-0.3, -0.25) is 4.79 Å². The number of carbonyl (C=O) groups is 1. The number of aliphatic hydroxyl groups is 1. The predicted octanol–water partition coefficient (Wildman–Crippen LogP) is 10.5. The molecular formula is C31H62O2. The quantitative estimate of drug-likeness (QED) is 0.116. The highest BCUT2D eigenvalue weighted by atomic mass is 16.3. The number of carbonyl (C=O) groups excluding carboxylic acids is 1. The third kappa shape index (κ3) is 27.8. The van der Waals surface area contributed by atoms with E-state index >= 15 is 0 Å². The minimum absolute atomic E-state index is 0.268. The van der Waals surface area contributed by atoms with Crippen LogP contribution in [0, 0.1) is 0 Å². The van der Waals surface area contributed by atoms with Crippen LogP contribution in [-0.4, -0.2) is 17.0 Å². The zero-order valence-corrected chi connectivity index (χ0v) is 23.0. The lowest BCUT2D eigenvalue weighted by Gasteiger charge is -2.10. The fourth-order valence-corrected chi connectivity index (χ4v) is 4.78. The third-order valence-corrected chi connectivity index (χ3v) is 7.21. The Kier molecular flexibility index (Phi) is 27.6. The normalized spacial score (nSPS) is 12.3. The molecule has 0 fully saturated rings. The lowest BCUT2D eigenvalue weighted by molar-refractivity contribution is -0.119. The topological polar surface area (TPSA) is 37.3 Å². The number of aliphatic hydroxyl groups excluding tert-OH is 1. The Hall–Kier alpha value is -0.370. The van der Waals surface area contributed by atoms with E-state index in [-0.39, 0.29) is 6.10 Å². The van der Waals surface area contributed by atoms with Gasteiger partial charge in [-0.15, -0.1) is 0 Å². The first-order valence-corrected chi connectivity index (χ1v) is 15.4. The Labute approximate surface area is 209 Å². The molecule has 0 saturated heterocycles. The van der Waals surface area contributed by atoms with Crippen LogP contribution in [0.4, 0.5) is 0 Å². The molecule has 1 atom stereocenters. The van der Waals surface area contributed by atoms with E-state index in [1.807, 2.05) is 0 Å². The van der Waals surface area contributed by atoms with Gasteiger partial charge in [0.2, 0.25) is 0 Å². The number of unbranched alkanes of at least 4 members (excludes halogenated alkanes) is 21. The van der Waals surface area contributed by atoms with Crippen LogP contribution in [0.5, 0.6) is 0 Å². The van der Waals surface area contributed by atoms with Gasteiger partial charge < -0.3 is 5.11 Å². The molecule has 0 aliphatic heterocycles. The average molecular weight is 467 g/mol. The molecule has 2 nitrogen and oxygen atoms in total. The van der Waals surface area contributed by atoms with E-state index in [9.17, 15) is 9.90 Å². The Balaban J connectivity index is 3.15. The van der Waals surface area contributed by atoms with E-state index in [1.54, 1.807) is 0 Å². The Bertz CT molecular complexity index is 379. The molecule has 0 aliphatic rings. The average Bonchev–Trinajstić information content (AvgIpc) is 2.82. The van der Waals surface area contributed by atoms with E-state index in [1.165, 1.54) is 128 Å². The van der Waals surface area contributed by atoms with E-state index in [0.717, 1.165) is 25.7 Å². The van der Waals surface area contributed by atoms with Crippen molar-refractivity contribution in [3.63, 3.8) is 0 Å². The van der Waals surface area contributed by atoms with Gasteiger partial charge in [0.1, 0.15) is 5.78 Å². The molecule has 0 aromatic rings. The molecule has 2 heteroatoms. The number of rotatable bonds is 28. The second-order valence-electron chi connectivity index (χ2n) is 10.7. The molecule has 0 heterocycles. The first-order valence-electron chi connectivity index (χ1n) is 15.4. The fraction of sp³-hybridized carbons (Fsp3) is 0.968. The lowest BCUT2D eigenvalue weighted by atomic mass is 10.0. The number of hydrogen-bond donors (Lipinski definition) is 1. The summed E-state index contributed by atoms with van der Waals surface area (Å²) in [5, 5.41) is 10.0. The van der Waals surface area contributed by atoms with Crippen molar-refractivity contribution in [2.75, 3.05) is 0 Å². The summed E-state index contributed by atoms with van der Waals surface area (Å²) in [4.78, 5) is 11.7. The van der Waals surface area contributed by atoms with Gasteiger partial charge in [0.25, 0.3) is 0 Å². The summed E-state index contributed by atoms with van der Waals surface area (Å²) in [6, 6.07) is 0. The van der Waals surface area contributed by atoms with E-state index in [4.69, 9.17) is 0 Å². The molecule has 0 rings (SSSR count). The Morgan fingerprint density at radius 3 is 1.15 bits per heavy atom. The second-order valence-corrected chi connectivity index (χ2v) is 10.7. The second kappa shape index (κ2) is 27.9.